The molecule has 1 aliphatic heterocycles. The number of thioether (sulfide) groups is 1. The molecule has 0 saturated carbocycles. The lowest BCUT2D eigenvalue weighted by Crippen LogP contribution is -2.22. The van der Waals surface area contributed by atoms with Crippen molar-refractivity contribution in [1.82, 2.24) is 5.01 Å². The average Bonchev–Trinajstić information content (AvgIpc) is 3.14. The highest BCUT2D eigenvalue weighted by molar-refractivity contribution is 9.10. The molecule has 0 atom stereocenters. The number of hydrogen-bond donors (Lipinski definition) is 0. The maximum Gasteiger partial charge on any atom is 0.433 e. The van der Waals surface area contributed by atoms with Crippen molar-refractivity contribution in [2.75, 3.05) is 0 Å². The molecule has 0 N–H and O–H groups in total. The molecule has 2 aromatic rings. The second-order valence-corrected chi connectivity index (χ2v) is 7.31. The zero-order chi connectivity index (χ0) is 18.0. The van der Waals surface area contributed by atoms with Crippen molar-refractivity contribution >= 4 is 68.3 Å². The molecule has 0 radical (unpaired) electrons. The van der Waals surface area contributed by atoms with Gasteiger partial charge >= 0.3 is 5.88 Å². The fourth-order valence-electron chi connectivity index (χ4n) is 1.88. The van der Waals surface area contributed by atoms with Crippen LogP contribution in [0.2, 0.25) is 0 Å². The van der Waals surface area contributed by atoms with Crippen molar-refractivity contribution in [2.24, 2.45) is 5.10 Å². The third-order valence-corrected chi connectivity index (χ3v) is 4.84. The van der Waals surface area contributed by atoms with Gasteiger partial charge in [-0.2, -0.15) is 10.1 Å². The van der Waals surface area contributed by atoms with Gasteiger partial charge in [-0.15, -0.1) is 0 Å². The number of carbonyl (C=O) groups excluding carboxylic acids is 1. The predicted octanol–water partition coefficient (Wildman–Crippen LogP) is 4.19. The molecule has 0 unspecified atom stereocenters. The van der Waals surface area contributed by atoms with Crippen LogP contribution in [-0.4, -0.2) is 26.4 Å². The van der Waals surface area contributed by atoms with Gasteiger partial charge in [-0.05, 0) is 36.0 Å². The molecule has 10 heteroatoms. The van der Waals surface area contributed by atoms with Crippen molar-refractivity contribution in [2.45, 2.75) is 0 Å². The van der Waals surface area contributed by atoms with Crippen LogP contribution in [0.15, 0.2) is 55.3 Å². The molecule has 0 spiro atoms. The van der Waals surface area contributed by atoms with E-state index in [1.807, 2.05) is 24.3 Å². The Bertz CT molecular complexity index is 921. The highest BCUT2D eigenvalue weighted by Gasteiger charge is 2.32. The van der Waals surface area contributed by atoms with E-state index in [1.54, 1.807) is 0 Å². The SMILES string of the molecule is O=C1/C(=C\c2ccc([N+](=O)[O-])o2)SC(=S)N1/N=C/c1ccc(Br)cc1. The summed E-state index contributed by atoms with van der Waals surface area (Å²) in [6.07, 6.45) is 2.93. The van der Waals surface area contributed by atoms with Gasteiger partial charge in [-0.3, -0.25) is 14.9 Å². The second kappa shape index (κ2) is 7.30. The van der Waals surface area contributed by atoms with E-state index in [-0.39, 0.29) is 15.0 Å². The van der Waals surface area contributed by atoms with Crippen molar-refractivity contribution in [3.8, 4) is 0 Å². The molecule has 1 fully saturated rings. The minimum atomic E-state index is -0.648. The molecule has 2 heterocycles. The van der Waals surface area contributed by atoms with Crippen LogP contribution < -0.4 is 0 Å². The van der Waals surface area contributed by atoms with Gasteiger partial charge in [0.1, 0.15) is 10.7 Å². The van der Waals surface area contributed by atoms with Crippen LogP contribution in [0.5, 0.6) is 0 Å². The number of hydrazone groups is 1. The Balaban J connectivity index is 1.78. The van der Waals surface area contributed by atoms with Gasteiger partial charge in [-0.1, -0.05) is 39.8 Å². The minimum absolute atomic E-state index is 0.198. The summed E-state index contributed by atoms with van der Waals surface area (Å²) in [5, 5.41) is 15.8. The molecule has 1 saturated heterocycles. The number of amides is 1. The molecule has 7 nitrogen and oxygen atoms in total. The van der Waals surface area contributed by atoms with Crippen LogP contribution in [0.3, 0.4) is 0 Å². The van der Waals surface area contributed by atoms with E-state index in [2.05, 4.69) is 21.0 Å². The van der Waals surface area contributed by atoms with E-state index in [9.17, 15) is 14.9 Å². The van der Waals surface area contributed by atoms with Crippen molar-refractivity contribution in [1.29, 1.82) is 0 Å². The zero-order valence-electron chi connectivity index (χ0n) is 12.3. The lowest BCUT2D eigenvalue weighted by atomic mass is 10.2. The Hall–Kier alpha value is -2.30. The molecule has 1 amide bonds. The molecule has 0 bridgehead atoms. The lowest BCUT2D eigenvalue weighted by molar-refractivity contribution is -0.402. The Kier molecular flexibility index (Phi) is 5.11. The Morgan fingerprint density at radius 2 is 2.00 bits per heavy atom. The summed E-state index contributed by atoms with van der Waals surface area (Å²) in [5.41, 5.74) is 0.808. The van der Waals surface area contributed by atoms with E-state index in [0.717, 1.165) is 26.8 Å². The standard InChI is InChI=1S/C15H8BrN3O4S2/c16-10-3-1-9(2-4-10)8-17-18-14(20)12(25-15(18)24)7-11-5-6-13(23-11)19(21)22/h1-8H/b12-7+,17-8+. The third-order valence-electron chi connectivity index (χ3n) is 3.03. The smallest absolute Gasteiger partial charge is 0.401 e. The number of halogens is 1. The molecule has 126 valence electrons. The number of benzene rings is 1. The van der Waals surface area contributed by atoms with Gasteiger partial charge in [0.05, 0.1) is 17.2 Å². The monoisotopic (exact) mass is 437 g/mol. The first-order valence-electron chi connectivity index (χ1n) is 6.76. The van der Waals surface area contributed by atoms with Gasteiger partial charge in [0.25, 0.3) is 5.91 Å². The summed E-state index contributed by atoms with van der Waals surface area (Å²) in [6.45, 7) is 0. The first kappa shape index (κ1) is 17.5. The lowest BCUT2D eigenvalue weighted by Gasteiger charge is -2.05. The van der Waals surface area contributed by atoms with Crippen molar-refractivity contribution in [3.05, 3.63) is 67.2 Å². The van der Waals surface area contributed by atoms with Gasteiger partial charge in [0.15, 0.2) is 4.32 Å². The highest BCUT2D eigenvalue weighted by atomic mass is 79.9. The average molecular weight is 438 g/mol. The summed E-state index contributed by atoms with van der Waals surface area (Å²) in [6, 6.07) is 10.0. The molecular formula is C15H8BrN3O4S2. The number of thiocarbonyl (C=S) groups is 1. The summed E-state index contributed by atoms with van der Waals surface area (Å²) in [5.74, 6) is -0.610. The zero-order valence-corrected chi connectivity index (χ0v) is 15.5. The Labute approximate surface area is 159 Å². The van der Waals surface area contributed by atoms with Gasteiger partial charge < -0.3 is 4.42 Å². The van der Waals surface area contributed by atoms with Crippen LogP contribution >= 0.6 is 39.9 Å². The Morgan fingerprint density at radius 1 is 1.28 bits per heavy atom. The second-order valence-electron chi connectivity index (χ2n) is 4.72. The molecule has 0 aliphatic carbocycles. The van der Waals surface area contributed by atoms with E-state index in [4.69, 9.17) is 16.6 Å². The van der Waals surface area contributed by atoms with Crippen LogP contribution in [0.1, 0.15) is 11.3 Å². The number of furan rings is 1. The maximum absolute atomic E-state index is 12.4. The van der Waals surface area contributed by atoms with Crippen LogP contribution in [0, 0.1) is 10.1 Å². The quantitative estimate of drug-likeness (QED) is 0.234. The van der Waals surface area contributed by atoms with Gasteiger partial charge in [0, 0.05) is 10.5 Å². The van der Waals surface area contributed by atoms with Crippen LogP contribution in [-0.2, 0) is 4.79 Å². The maximum atomic E-state index is 12.4. The molecular weight excluding hydrogens is 430 g/mol. The van der Waals surface area contributed by atoms with Gasteiger partial charge in [-0.25, -0.2) is 0 Å². The van der Waals surface area contributed by atoms with Crippen molar-refractivity contribution in [3.63, 3.8) is 0 Å². The molecule has 1 aliphatic rings. The Morgan fingerprint density at radius 3 is 2.64 bits per heavy atom. The molecule has 25 heavy (non-hydrogen) atoms. The fourth-order valence-corrected chi connectivity index (χ4v) is 3.30. The topological polar surface area (TPSA) is 88.9 Å². The summed E-state index contributed by atoms with van der Waals surface area (Å²) in [4.78, 5) is 22.6. The minimum Gasteiger partial charge on any atom is -0.401 e. The number of rotatable bonds is 4. The van der Waals surface area contributed by atoms with Crippen LogP contribution in [0.25, 0.3) is 6.08 Å². The third kappa shape index (κ3) is 4.03. The summed E-state index contributed by atoms with van der Waals surface area (Å²) >= 11 is 9.55. The largest absolute Gasteiger partial charge is 0.433 e. The number of nitrogens with zero attached hydrogens (tertiary/aromatic N) is 3. The molecule has 1 aromatic heterocycles. The molecule has 1 aromatic carbocycles. The van der Waals surface area contributed by atoms with E-state index >= 15 is 0 Å². The fraction of sp³-hybridized carbons (Fsp3) is 0. The van der Waals surface area contributed by atoms with Gasteiger partial charge in [0.2, 0.25) is 0 Å². The number of nitro groups is 1. The summed E-state index contributed by atoms with van der Waals surface area (Å²) in [7, 11) is 0. The summed E-state index contributed by atoms with van der Waals surface area (Å²) < 4.78 is 6.23. The number of carbonyl (C=O) groups is 1. The highest BCUT2D eigenvalue weighted by Crippen LogP contribution is 2.33. The first-order chi connectivity index (χ1) is 11.9. The van der Waals surface area contributed by atoms with E-state index in [0.29, 0.717) is 0 Å². The van der Waals surface area contributed by atoms with E-state index < -0.39 is 16.7 Å². The van der Waals surface area contributed by atoms with E-state index in [1.165, 1.54) is 24.4 Å². The predicted molar refractivity (Wildman–Crippen MR) is 102 cm³/mol. The first-order valence-corrected chi connectivity index (χ1v) is 8.77. The normalized spacial score (nSPS) is 16.4. The van der Waals surface area contributed by atoms with Crippen LogP contribution in [0.4, 0.5) is 5.88 Å². The molecule has 3 rings (SSSR count). The number of hydrogen-bond acceptors (Lipinski definition) is 7. The van der Waals surface area contributed by atoms with Crippen molar-refractivity contribution < 1.29 is 14.1 Å².